The van der Waals surface area contributed by atoms with E-state index in [1.54, 1.807) is 30.5 Å². The summed E-state index contributed by atoms with van der Waals surface area (Å²) in [5.74, 6) is 1.34. The molecular weight excluding hydrogens is 1340 g/mol. The summed E-state index contributed by atoms with van der Waals surface area (Å²) >= 11 is 23.8. The third kappa shape index (κ3) is 21.2. The van der Waals surface area contributed by atoms with Crippen LogP contribution in [0, 0.1) is 0 Å². The molecule has 6 aromatic carbocycles. The van der Waals surface area contributed by atoms with Crippen LogP contribution in [0.1, 0.15) is 164 Å². The molecule has 7 heterocycles. The Bertz CT molecular complexity index is 3980. The average Bonchev–Trinajstić information content (AvgIpc) is 1.71. The Morgan fingerprint density at radius 1 is 0.444 bits per heavy atom. The molecule has 21 nitrogen and oxygen atoms in total. The van der Waals surface area contributed by atoms with Gasteiger partial charge in [-0.2, -0.15) is 10.3 Å². The SMILES string of the molecule is CCOC(=O)c1nnn(Cc2ccc(OC)cc2)c1CN1CCC(c2ccc(Cl)cc2)CC1.COc1ccc(Cn2nnc(C(=O)O)c2CN2CCC(c3ccc(Cl)cc3)CC2)cc1.Clc1ccc(C2CCNCC2)cc1.O=C(O)c1n[nH]nc1CN1CCC(c2ccc(Cl)cc2)CC1. The van der Waals surface area contributed by atoms with E-state index in [0.29, 0.717) is 74.2 Å². The molecule has 0 spiro atoms. The van der Waals surface area contributed by atoms with Gasteiger partial charge in [0, 0.05) is 39.7 Å². The van der Waals surface area contributed by atoms with Crippen molar-refractivity contribution in [3.8, 4) is 11.5 Å². The lowest BCUT2D eigenvalue weighted by Gasteiger charge is -2.32. The van der Waals surface area contributed by atoms with Crippen LogP contribution in [-0.2, 0) is 37.5 Å². The maximum Gasteiger partial charge on any atom is 0.360 e. The number of nitrogens with one attached hydrogen (secondary N) is 2. The van der Waals surface area contributed by atoms with Gasteiger partial charge in [-0.15, -0.1) is 15.3 Å². The van der Waals surface area contributed by atoms with Crippen molar-refractivity contribution in [2.24, 2.45) is 0 Å². The highest BCUT2D eigenvalue weighted by atomic mass is 35.5. The predicted molar refractivity (Wildman–Crippen MR) is 383 cm³/mol. The third-order valence-electron chi connectivity index (χ3n) is 18.7. The molecule has 0 amide bonds. The summed E-state index contributed by atoms with van der Waals surface area (Å²) in [6.45, 7) is 12.5. The standard InChI is InChI=1S/C25H29ClN4O3.C23H25ClN4O3.C15H17ClN4O2.C11H14ClN/c1-3-33-25(31)24-23(30(28-27-24)16-18-4-10-22(32-2)11-5-18)17-29-14-12-20(13-15-29)19-6-8-21(26)9-7-19;1-31-20-8-2-16(3-9-20)14-28-21(22(23(29)30)25-26-28)15-27-12-10-18(11-13-27)17-4-6-19(24)7-5-17;16-12-3-1-10(2-4-12)11-5-7-20(8-6-11)9-13-14(15(21)22)18-19-17-13;12-11-3-1-9(2-4-11)10-5-7-13-8-6-10/h4-11,20H,3,12-17H2,1-2H3;2-9,18H,10-15H2,1H3,(H,29,30);1-4,11H,5-9H2,(H,21,22)(H,17,18,19);1-4,10,13H,5-8H2. The van der Waals surface area contributed by atoms with Crippen molar-refractivity contribution in [3.05, 3.63) is 233 Å². The number of halogens is 4. The number of likely N-dealkylation sites (tertiary alicyclic amines) is 3. The van der Waals surface area contributed by atoms with E-state index in [1.165, 1.54) is 35.1 Å². The molecule has 4 fully saturated rings. The van der Waals surface area contributed by atoms with E-state index in [4.69, 9.17) is 65.7 Å². The molecule has 25 heteroatoms. The molecule has 4 aliphatic heterocycles. The first-order valence-corrected chi connectivity index (χ1v) is 35.1. The number of H-pyrrole nitrogens is 1. The second-order valence-electron chi connectivity index (χ2n) is 25.1. The number of rotatable bonds is 20. The van der Waals surface area contributed by atoms with Crippen LogP contribution in [0.2, 0.25) is 20.1 Å². The number of nitrogens with zero attached hydrogens (tertiary/aromatic N) is 11. The first-order chi connectivity index (χ1) is 48.1. The number of hydrogen-bond donors (Lipinski definition) is 4. The number of carbonyl (C=O) groups is 3. The van der Waals surface area contributed by atoms with Crippen molar-refractivity contribution < 1.29 is 38.8 Å². The number of aromatic carboxylic acids is 2. The summed E-state index contributed by atoms with van der Waals surface area (Å²) in [5, 5.41) is 51.6. The Labute approximate surface area is 597 Å². The maximum absolute atomic E-state index is 12.5. The summed E-state index contributed by atoms with van der Waals surface area (Å²) < 4.78 is 19.2. The van der Waals surface area contributed by atoms with Gasteiger partial charge in [-0.25, -0.2) is 23.7 Å². The number of ether oxygens (including phenoxy) is 3. The normalized spacial score (nSPS) is 15.9. The van der Waals surface area contributed by atoms with Crippen LogP contribution in [0.15, 0.2) is 146 Å². The van der Waals surface area contributed by atoms with Crippen molar-refractivity contribution in [1.82, 2.24) is 65.4 Å². The highest BCUT2D eigenvalue weighted by molar-refractivity contribution is 6.31. The Balaban J connectivity index is 0.000000149. The lowest BCUT2D eigenvalue weighted by Crippen LogP contribution is -2.34. The van der Waals surface area contributed by atoms with Gasteiger partial charge in [0.15, 0.2) is 17.1 Å². The third-order valence-corrected chi connectivity index (χ3v) is 19.7. The molecule has 4 aliphatic rings. The van der Waals surface area contributed by atoms with Crippen molar-refractivity contribution >= 4 is 64.3 Å². The zero-order chi connectivity index (χ0) is 69.6. The Hall–Kier alpha value is -8.25. The fraction of sp³-hybridized carbons (Fsp3) is 0.392. The van der Waals surface area contributed by atoms with E-state index in [1.807, 2.05) is 97.1 Å². The number of carboxylic acid groups (broad SMARTS) is 2. The smallest absolute Gasteiger partial charge is 0.360 e. The van der Waals surface area contributed by atoms with E-state index < -0.39 is 17.9 Å². The van der Waals surface area contributed by atoms with Crippen molar-refractivity contribution in [2.75, 3.05) is 73.2 Å². The van der Waals surface area contributed by atoms with E-state index in [9.17, 15) is 19.5 Å². The number of esters is 1. The van der Waals surface area contributed by atoms with Crippen LogP contribution in [0.25, 0.3) is 0 Å². The molecule has 0 saturated carbocycles. The molecule has 0 bridgehead atoms. The molecule has 0 atom stereocenters. The van der Waals surface area contributed by atoms with Crippen molar-refractivity contribution in [2.45, 2.75) is 115 Å². The van der Waals surface area contributed by atoms with E-state index in [2.05, 4.69) is 105 Å². The Morgan fingerprint density at radius 2 is 0.788 bits per heavy atom. The number of methoxy groups -OCH3 is 2. The molecular formula is C74H85Cl4N13O8. The zero-order valence-electron chi connectivity index (χ0n) is 56.0. The van der Waals surface area contributed by atoms with E-state index in [-0.39, 0.29) is 11.4 Å². The number of aromatic amines is 1. The summed E-state index contributed by atoms with van der Waals surface area (Å²) in [6.07, 6.45) is 8.73. The van der Waals surface area contributed by atoms with Crippen LogP contribution in [0.5, 0.6) is 11.5 Å². The molecule has 4 saturated heterocycles. The minimum atomic E-state index is -1.05. The van der Waals surface area contributed by atoms with Crippen LogP contribution < -0.4 is 14.8 Å². The number of aromatic nitrogens is 9. The lowest BCUT2D eigenvalue weighted by atomic mass is 9.89. The van der Waals surface area contributed by atoms with Gasteiger partial charge in [-0.1, -0.05) is 130 Å². The number of piperidine rings is 4. The zero-order valence-corrected chi connectivity index (χ0v) is 59.0. The quantitative estimate of drug-likeness (QED) is 0.0518. The summed E-state index contributed by atoms with van der Waals surface area (Å²) in [5.41, 5.74) is 9.70. The second-order valence-corrected chi connectivity index (χ2v) is 26.9. The van der Waals surface area contributed by atoms with Gasteiger partial charge in [-0.05, 0) is 240 Å². The summed E-state index contributed by atoms with van der Waals surface area (Å²) in [4.78, 5) is 42.1. The topological polar surface area (TPSA) is 244 Å². The predicted octanol–water partition coefficient (Wildman–Crippen LogP) is 14.0. The van der Waals surface area contributed by atoms with Gasteiger partial charge in [0.1, 0.15) is 17.2 Å². The summed E-state index contributed by atoms with van der Waals surface area (Å²) in [7, 11) is 3.27. The van der Waals surface area contributed by atoms with Crippen molar-refractivity contribution in [3.63, 3.8) is 0 Å². The van der Waals surface area contributed by atoms with Gasteiger partial charge in [0.25, 0.3) is 0 Å². The van der Waals surface area contributed by atoms with Crippen LogP contribution in [-0.4, -0.2) is 161 Å². The summed E-state index contributed by atoms with van der Waals surface area (Å²) in [6, 6.07) is 48.0. The Morgan fingerprint density at radius 3 is 1.14 bits per heavy atom. The number of carbonyl (C=O) groups excluding carboxylic acids is 1. The largest absolute Gasteiger partial charge is 0.497 e. The molecule has 13 rings (SSSR count). The number of benzene rings is 6. The molecule has 3 aromatic heterocycles. The van der Waals surface area contributed by atoms with Crippen LogP contribution in [0.3, 0.4) is 0 Å². The minimum absolute atomic E-state index is 0.0137. The molecule has 0 aliphatic carbocycles. The fourth-order valence-corrected chi connectivity index (χ4v) is 13.6. The molecule has 0 radical (unpaired) electrons. The second kappa shape index (κ2) is 36.7. The molecule has 0 unspecified atom stereocenters. The van der Waals surface area contributed by atoms with Gasteiger partial charge < -0.3 is 29.7 Å². The first kappa shape index (κ1) is 73.5. The monoisotopic (exact) mass is 1420 g/mol. The first-order valence-electron chi connectivity index (χ1n) is 33.6. The van der Waals surface area contributed by atoms with Crippen molar-refractivity contribution in [1.29, 1.82) is 0 Å². The van der Waals surface area contributed by atoms with Gasteiger partial charge in [0.05, 0.1) is 45.3 Å². The molecule has 9 aromatic rings. The van der Waals surface area contributed by atoms with E-state index >= 15 is 0 Å². The highest BCUT2D eigenvalue weighted by Crippen LogP contribution is 2.34. The average molecular weight is 1430 g/mol. The molecule has 99 heavy (non-hydrogen) atoms. The number of hydrogen-bond acceptors (Lipinski definition) is 16. The minimum Gasteiger partial charge on any atom is -0.497 e. The highest BCUT2D eigenvalue weighted by Gasteiger charge is 2.29. The Kier molecular flexibility index (Phi) is 27.2. The fourth-order valence-electron chi connectivity index (χ4n) is 13.1. The maximum atomic E-state index is 12.5. The van der Waals surface area contributed by atoms with Gasteiger partial charge in [0.2, 0.25) is 0 Å². The van der Waals surface area contributed by atoms with Gasteiger partial charge >= 0.3 is 17.9 Å². The molecule has 522 valence electrons. The van der Waals surface area contributed by atoms with Gasteiger partial charge in [-0.3, -0.25) is 14.7 Å². The van der Waals surface area contributed by atoms with Crippen LogP contribution in [0.4, 0.5) is 0 Å². The lowest BCUT2D eigenvalue weighted by molar-refractivity contribution is 0.0515. The van der Waals surface area contributed by atoms with E-state index in [0.717, 1.165) is 145 Å². The number of carboxylic acids is 2. The molecule has 4 N–H and O–H groups in total. The van der Waals surface area contributed by atoms with Crippen LogP contribution >= 0.6 is 46.4 Å².